The molecule has 0 aromatic heterocycles. The Morgan fingerprint density at radius 2 is 0.867 bits per heavy atom. The lowest BCUT2D eigenvalue weighted by Crippen LogP contribution is -2.39. The van der Waals surface area contributed by atoms with Gasteiger partial charge in [-0.2, -0.15) is 0 Å². The Morgan fingerprint density at radius 3 is 1.13 bits per heavy atom. The molecule has 10 heteroatoms. The van der Waals surface area contributed by atoms with Gasteiger partial charge in [0, 0.05) is 26.4 Å². The Hall–Kier alpha value is 1.67. The molecule has 0 rings (SSSR count). The minimum absolute atomic E-state index is 0.423. The Labute approximate surface area is 206 Å². The molecule has 0 aromatic rings. The first-order valence-corrected chi connectivity index (χ1v) is 20.1. The fraction of sp³-hybridized carbons (Fsp3) is 1.00. The number of unbranched alkanes of at least 4 members (excludes halogenated alkanes) is 4. The van der Waals surface area contributed by atoms with E-state index in [1.165, 1.54) is 50.6 Å². The van der Waals surface area contributed by atoms with E-state index < -0.39 is 28.5 Å². The average Bonchev–Trinajstić information content (AvgIpc) is 2.73. The molecule has 0 saturated carbocycles. The van der Waals surface area contributed by atoms with Gasteiger partial charge in [-0.05, 0) is 68.9 Å². The van der Waals surface area contributed by atoms with Crippen molar-refractivity contribution in [2.45, 2.75) is 102 Å². The van der Waals surface area contributed by atoms with Crippen LogP contribution in [0, 0.1) is 0 Å². The third kappa shape index (κ3) is 14.7. The van der Waals surface area contributed by atoms with E-state index in [1.54, 1.807) is 41.2 Å². The van der Waals surface area contributed by atoms with E-state index in [1.807, 2.05) is 0 Å². The van der Waals surface area contributed by atoms with E-state index in [0.717, 1.165) is 0 Å². The summed E-state index contributed by atoms with van der Waals surface area (Å²) in [6.45, 7) is 15.6. The Kier molecular flexibility index (Phi) is 22.4. The second-order valence-electron chi connectivity index (χ2n) is 7.02. The number of hydrogen-bond acceptors (Lipinski definition) is 8. The van der Waals surface area contributed by atoms with E-state index in [0.29, 0.717) is 26.4 Å². The van der Waals surface area contributed by atoms with Gasteiger partial charge >= 0.3 is 0 Å². The molecule has 0 aliphatic heterocycles. The third-order valence-electron chi connectivity index (χ3n) is 4.48. The SMILES string of the molecule is CCCCC[SiH2]C(OCC)(OCC)SSSSC(OCC)(OCC)[SiH2]CCCCC. The zero-order valence-corrected chi connectivity index (χ0v) is 26.3. The van der Waals surface area contributed by atoms with Crippen LogP contribution in [0.5, 0.6) is 0 Å². The Morgan fingerprint density at radius 1 is 0.533 bits per heavy atom. The first-order chi connectivity index (χ1) is 14.6. The highest BCUT2D eigenvalue weighted by Crippen LogP contribution is 2.53. The van der Waals surface area contributed by atoms with Gasteiger partial charge in [0.25, 0.3) is 0 Å². The van der Waals surface area contributed by atoms with Crippen LogP contribution in [0.2, 0.25) is 12.1 Å². The van der Waals surface area contributed by atoms with Crippen molar-refractivity contribution in [3.8, 4) is 0 Å². The maximum absolute atomic E-state index is 6.17. The largest absolute Gasteiger partial charge is 0.345 e. The van der Waals surface area contributed by atoms with Gasteiger partial charge < -0.3 is 18.9 Å². The van der Waals surface area contributed by atoms with Crippen molar-refractivity contribution in [1.82, 2.24) is 0 Å². The molecule has 0 saturated heterocycles. The average molecular weight is 535 g/mol. The van der Waals surface area contributed by atoms with Crippen molar-refractivity contribution in [3.05, 3.63) is 0 Å². The predicted molar refractivity (Wildman–Crippen MR) is 148 cm³/mol. The van der Waals surface area contributed by atoms with Crippen LogP contribution in [-0.2, 0) is 18.9 Å². The summed E-state index contributed by atoms with van der Waals surface area (Å²) in [4.78, 5) is 0. The zero-order valence-electron chi connectivity index (χ0n) is 20.2. The maximum atomic E-state index is 6.17. The van der Waals surface area contributed by atoms with Crippen molar-refractivity contribution in [2.75, 3.05) is 26.4 Å². The van der Waals surface area contributed by atoms with E-state index in [9.17, 15) is 0 Å². The molecule has 30 heavy (non-hydrogen) atoms. The lowest BCUT2D eigenvalue weighted by molar-refractivity contribution is -0.109. The van der Waals surface area contributed by atoms with Crippen LogP contribution >= 0.6 is 41.2 Å². The molecule has 4 nitrogen and oxygen atoms in total. The highest BCUT2D eigenvalue weighted by Gasteiger charge is 2.35. The summed E-state index contributed by atoms with van der Waals surface area (Å²) in [5, 5.41) is 0. The third-order valence-corrected chi connectivity index (χ3v) is 18.1. The van der Waals surface area contributed by atoms with E-state index >= 15 is 0 Å². The molecule has 0 radical (unpaired) electrons. The van der Waals surface area contributed by atoms with Gasteiger partial charge in [-0.15, -0.1) is 0 Å². The molecule has 0 atom stereocenters. The molecule has 0 aliphatic carbocycles. The van der Waals surface area contributed by atoms with Crippen LogP contribution in [0.15, 0.2) is 0 Å². The maximum Gasteiger partial charge on any atom is 0.200 e. The van der Waals surface area contributed by atoms with Crippen molar-refractivity contribution in [2.24, 2.45) is 0 Å². The first-order valence-electron chi connectivity index (χ1n) is 11.8. The molecule has 182 valence electrons. The molecular formula is C20H46O4S4Si2. The lowest BCUT2D eigenvalue weighted by Gasteiger charge is -2.33. The van der Waals surface area contributed by atoms with Crippen molar-refractivity contribution < 1.29 is 18.9 Å². The number of ether oxygens (including phenoxy) is 4. The van der Waals surface area contributed by atoms with E-state index in [2.05, 4.69) is 41.5 Å². The normalized spacial score (nSPS) is 13.4. The minimum Gasteiger partial charge on any atom is -0.345 e. The smallest absolute Gasteiger partial charge is 0.200 e. The molecule has 0 aliphatic rings. The number of rotatable bonds is 23. The van der Waals surface area contributed by atoms with Crippen molar-refractivity contribution in [3.63, 3.8) is 0 Å². The van der Waals surface area contributed by atoms with Crippen LogP contribution in [-0.4, -0.2) is 55.0 Å². The minimum atomic E-state index is -0.503. The molecule has 0 bridgehead atoms. The standard InChI is InChI=1S/C20H46O4S4Si2/c1-7-13-15-17-29-19(21-9-3,22-10-4)25-27-28-26-20(23-11-5,24-12-6)30-18-16-14-8-2/h7-18,29-30H2,1-6H3. The summed E-state index contributed by atoms with van der Waals surface area (Å²) in [5.41, 5.74) is 0. The van der Waals surface area contributed by atoms with Crippen LogP contribution in [0.25, 0.3) is 0 Å². The summed E-state index contributed by atoms with van der Waals surface area (Å²) in [6, 6.07) is 2.54. The molecular weight excluding hydrogens is 489 g/mol. The second-order valence-corrected chi connectivity index (χ2v) is 18.4. The van der Waals surface area contributed by atoms with Gasteiger partial charge in [0.2, 0.25) is 9.48 Å². The molecule has 0 N–H and O–H groups in total. The van der Waals surface area contributed by atoms with Crippen LogP contribution in [0.1, 0.15) is 80.1 Å². The summed E-state index contributed by atoms with van der Waals surface area (Å²) in [7, 11) is 6.06. The van der Waals surface area contributed by atoms with Crippen LogP contribution < -0.4 is 0 Å². The second kappa shape index (κ2) is 21.2. The quantitative estimate of drug-likeness (QED) is 0.0629. The fourth-order valence-corrected chi connectivity index (χ4v) is 18.4. The van der Waals surface area contributed by atoms with Gasteiger partial charge in [0.05, 0.1) is 0 Å². The summed E-state index contributed by atoms with van der Waals surface area (Å²) < 4.78 is 23.9. The van der Waals surface area contributed by atoms with Gasteiger partial charge in [-0.3, -0.25) is 0 Å². The topological polar surface area (TPSA) is 36.9 Å². The van der Waals surface area contributed by atoms with Crippen molar-refractivity contribution >= 4 is 60.3 Å². The monoisotopic (exact) mass is 534 g/mol. The zero-order chi connectivity index (χ0) is 22.6. The van der Waals surface area contributed by atoms with Gasteiger partial charge in [0.1, 0.15) is 19.0 Å². The predicted octanol–water partition coefficient (Wildman–Crippen LogP) is 6.59. The van der Waals surface area contributed by atoms with Crippen molar-refractivity contribution in [1.29, 1.82) is 0 Å². The molecule has 0 aromatic carbocycles. The molecule has 0 unspecified atom stereocenters. The van der Waals surface area contributed by atoms with Gasteiger partial charge in [0.15, 0.2) is 0 Å². The van der Waals surface area contributed by atoms with Crippen LogP contribution in [0.4, 0.5) is 0 Å². The van der Waals surface area contributed by atoms with Gasteiger partial charge in [-0.25, -0.2) is 0 Å². The summed E-state index contributed by atoms with van der Waals surface area (Å²) in [6.07, 6.45) is 7.71. The molecule has 0 heterocycles. The lowest BCUT2D eigenvalue weighted by atomic mass is 10.3. The van der Waals surface area contributed by atoms with E-state index in [-0.39, 0.29) is 0 Å². The Bertz CT molecular complexity index is 339. The van der Waals surface area contributed by atoms with E-state index in [4.69, 9.17) is 18.9 Å². The van der Waals surface area contributed by atoms with Gasteiger partial charge in [-0.1, -0.05) is 64.5 Å². The Balaban J connectivity index is 4.81. The summed E-state index contributed by atoms with van der Waals surface area (Å²) in [5.74, 6) is 0. The highest BCUT2D eigenvalue weighted by molar-refractivity contribution is 9.26. The molecule has 0 spiro atoms. The highest BCUT2D eigenvalue weighted by atomic mass is 33.7. The molecule has 0 amide bonds. The van der Waals surface area contributed by atoms with Crippen LogP contribution in [0.3, 0.4) is 0 Å². The molecule has 0 fully saturated rings. The summed E-state index contributed by atoms with van der Waals surface area (Å²) >= 11 is 0. The first kappa shape index (κ1) is 31.7. The fourth-order valence-electron chi connectivity index (χ4n) is 3.10. The number of hydrogen-bond donors (Lipinski definition) is 0.